The number of benzene rings is 1. The highest BCUT2D eigenvalue weighted by molar-refractivity contribution is 5.86. The second-order valence-corrected chi connectivity index (χ2v) is 8.87. The summed E-state index contributed by atoms with van der Waals surface area (Å²) in [5.74, 6) is -0.242. The number of nitrogens with one attached hydrogen (secondary N) is 1. The lowest BCUT2D eigenvalue weighted by atomic mass is 9.68. The van der Waals surface area contributed by atoms with E-state index in [9.17, 15) is 9.59 Å². The Bertz CT molecular complexity index is 747. The van der Waals surface area contributed by atoms with Crippen LogP contribution in [0, 0.1) is 0 Å². The summed E-state index contributed by atoms with van der Waals surface area (Å²) >= 11 is 0. The summed E-state index contributed by atoms with van der Waals surface area (Å²) in [7, 11) is 5.90. The van der Waals surface area contributed by atoms with Gasteiger partial charge in [0.2, 0.25) is 5.91 Å². The van der Waals surface area contributed by atoms with Crippen molar-refractivity contribution in [3.05, 3.63) is 35.9 Å². The van der Waals surface area contributed by atoms with Gasteiger partial charge in [-0.15, -0.1) is 0 Å². The number of methoxy groups -OCH3 is 1. The third-order valence-electron chi connectivity index (χ3n) is 7.02. The molecule has 8 heteroatoms. The maximum atomic E-state index is 13.2. The maximum Gasteiger partial charge on any atom is 0.321 e. The molecule has 1 saturated heterocycles. The molecular formula is C23H36N4O4. The van der Waals surface area contributed by atoms with E-state index in [2.05, 4.69) is 48.6 Å². The van der Waals surface area contributed by atoms with Gasteiger partial charge in [-0.3, -0.25) is 9.69 Å². The molecule has 1 saturated carbocycles. The molecule has 8 nitrogen and oxygen atoms in total. The number of aliphatic hydroxyl groups is 1. The molecule has 172 valence electrons. The zero-order chi connectivity index (χ0) is 22.5. The summed E-state index contributed by atoms with van der Waals surface area (Å²) in [6.45, 7) is 1.62. The number of carbonyl (C=O) groups is 2. The number of rotatable bonds is 9. The Balaban J connectivity index is 1.80. The van der Waals surface area contributed by atoms with Crippen LogP contribution in [0.1, 0.15) is 31.2 Å². The van der Waals surface area contributed by atoms with E-state index in [1.807, 2.05) is 11.0 Å². The first-order chi connectivity index (χ1) is 14.9. The van der Waals surface area contributed by atoms with Crippen molar-refractivity contribution in [1.29, 1.82) is 0 Å². The van der Waals surface area contributed by atoms with E-state index in [4.69, 9.17) is 9.84 Å². The number of carbonyl (C=O) groups excluding carboxylic acids is 2. The van der Waals surface area contributed by atoms with Crippen LogP contribution in [-0.2, 0) is 15.1 Å². The van der Waals surface area contributed by atoms with Crippen LogP contribution >= 0.6 is 0 Å². The Morgan fingerprint density at radius 3 is 2.45 bits per heavy atom. The normalized spacial score (nSPS) is 26.2. The predicted molar refractivity (Wildman–Crippen MR) is 119 cm³/mol. The van der Waals surface area contributed by atoms with Crippen molar-refractivity contribution in [3.8, 4) is 0 Å². The molecule has 0 radical (unpaired) electrons. The van der Waals surface area contributed by atoms with Crippen LogP contribution in [-0.4, -0.2) is 97.9 Å². The van der Waals surface area contributed by atoms with Gasteiger partial charge in [0.15, 0.2) is 0 Å². The fourth-order valence-corrected chi connectivity index (χ4v) is 5.24. The van der Waals surface area contributed by atoms with Crippen LogP contribution in [0.25, 0.3) is 0 Å². The molecule has 0 bridgehead atoms. The molecule has 31 heavy (non-hydrogen) atoms. The number of hydrogen-bond donors (Lipinski definition) is 2. The van der Waals surface area contributed by atoms with Crippen LogP contribution in [0.4, 0.5) is 4.79 Å². The molecule has 1 aliphatic carbocycles. The average molecular weight is 433 g/mol. The van der Waals surface area contributed by atoms with Crippen LogP contribution in [0.5, 0.6) is 0 Å². The van der Waals surface area contributed by atoms with Crippen molar-refractivity contribution in [1.82, 2.24) is 20.0 Å². The van der Waals surface area contributed by atoms with Gasteiger partial charge in [0, 0.05) is 32.3 Å². The Hall–Kier alpha value is -2.16. The van der Waals surface area contributed by atoms with Gasteiger partial charge < -0.3 is 25.0 Å². The van der Waals surface area contributed by atoms with Gasteiger partial charge in [-0.25, -0.2) is 4.79 Å². The topological polar surface area (TPSA) is 85.3 Å². The van der Waals surface area contributed by atoms with Gasteiger partial charge in [0.25, 0.3) is 0 Å². The number of aliphatic hydroxyl groups excluding tert-OH is 1. The van der Waals surface area contributed by atoms with E-state index in [-0.39, 0.29) is 42.7 Å². The summed E-state index contributed by atoms with van der Waals surface area (Å²) in [5, 5.41) is 11.6. The van der Waals surface area contributed by atoms with E-state index in [1.54, 1.807) is 12.0 Å². The molecule has 1 aromatic carbocycles. The fraction of sp³-hybridized carbons (Fsp3) is 0.652. The van der Waals surface area contributed by atoms with Crippen LogP contribution in [0.2, 0.25) is 0 Å². The summed E-state index contributed by atoms with van der Waals surface area (Å²) in [5.41, 5.74) is 0.957. The van der Waals surface area contributed by atoms with Crippen molar-refractivity contribution in [3.63, 3.8) is 0 Å². The lowest BCUT2D eigenvalue weighted by Gasteiger charge is -2.51. The zero-order valence-corrected chi connectivity index (χ0v) is 19.0. The number of amides is 3. The summed E-state index contributed by atoms with van der Waals surface area (Å²) in [6.07, 6.45) is 3.60. The van der Waals surface area contributed by atoms with Gasteiger partial charge in [-0.05, 0) is 45.3 Å². The highest BCUT2D eigenvalue weighted by Crippen LogP contribution is 2.48. The predicted octanol–water partition coefficient (Wildman–Crippen LogP) is 1.25. The Kier molecular flexibility index (Phi) is 7.56. The third kappa shape index (κ3) is 4.71. The molecule has 1 heterocycles. The molecule has 1 aliphatic heterocycles. The monoisotopic (exact) mass is 432 g/mol. The van der Waals surface area contributed by atoms with Gasteiger partial charge >= 0.3 is 6.03 Å². The van der Waals surface area contributed by atoms with E-state index < -0.39 is 0 Å². The standard InChI is InChI=1S/C23H36N4O4/c1-25(2)23(19-7-5-4-6-8-19)11-9-22(10-12-23)18-26(17-20(29)24-13-15-28)21(30)27(22)14-16-31-3/h4-8,28H,9-18H2,1-3H3,(H,24,29)/t22-,23+. The maximum absolute atomic E-state index is 13.2. The van der Waals surface area contributed by atoms with Crippen LogP contribution in [0.15, 0.2) is 30.3 Å². The van der Waals surface area contributed by atoms with Crippen molar-refractivity contribution in [2.75, 3.05) is 60.6 Å². The minimum absolute atomic E-state index is 0.0155. The highest BCUT2D eigenvalue weighted by atomic mass is 16.5. The van der Waals surface area contributed by atoms with Crippen LogP contribution < -0.4 is 5.32 Å². The molecule has 0 aromatic heterocycles. The van der Waals surface area contributed by atoms with E-state index >= 15 is 0 Å². The summed E-state index contributed by atoms with van der Waals surface area (Å²) < 4.78 is 5.28. The first kappa shape index (κ1) is 23.5. The zero-order valence-electron chi connectivity index (χ0n) is 19.0. The van der Waals surface area contributed by atoms with E-state index in [0.717, 1.165) is 25.7 Å². The molecule has 3 rings (SSSR count). The molecule has 0 atom stereocenters. The second kappa shape index (κ2) is 9.97. The lowest BCUT2D eigenvalue weighted by molar-refractivity contribution is -0.121. The minimum Gasteiger partial charge on any atom is -0.395 e. The van der Waals surface area contributed by atoms with E-state index in [0.29, 0.717) is 19.7 Å². The molecule has 1 aromatic rings. The molecule has 2 N–H and O–H groups in total. The van der Waals surface area contributed by atoms with Gasteiger partial charge in [-0.2, -0.15) is 0 Å². The number of urea groups is 1. The van der Waals surface area contributed by atoms with Gasteiger partial charge in [0.1, 0.15) is 6.54 Å². The van der Waals surface area contributed by atoms with E-state index in [1.165, 1.54) is 5.56 Å². The van der Waals surface area contributed by atoms with Crippen LogP contribution in [0.3, 0.4) is 0 Å². The van der Waals surface area contributed by atoms with Crippen molar-refractivity contribution >= 4 is 11.9 Å². The van der Waals surface area contributed by atoms with Crippen molar-refractivity contribution < 1.29 is 19.4 Å². The van der Waals surface area contributed by atoms with Crippen molar-refractivity contribution in [2.45, 2.75) is 36.8 Å². The Morgan fingerprint density at radius 2 is 1.87 bits per heavy atom. The number of nitrogens with zero attached hydrogens (tertiary/aromatic N) is 3. The lowest BCUT2D eigenvalue weighted by Crippen LogP contribution is -2.56. The highest BCUT2D eigenvalue weighted by Gasteiger charge is 2.54. The first-order valence-electron chi connectivity index (χ1n) is 11.0. The first-order valence-corrected chi connectivity index (χ1v) is 11.0. The average Bonchev–Trinajstić information content (AvgIpc) is 3.02. The molecular weight excluding hydrogens is 396 g/mol. The quantitative estimate of drug-likeness (QED) is 0.614. The number of ether oxygens (including phenoxy) is 1. The molecule has 1 spiro atoms. The van der Waals surface area contributed by atoms with Gasteiger partial charge in [0.05, 0.1) is 18.8 Å². The molecule has 0 unspecified atom stereocenters. The number of hydrogen-bond acceptors (Lipinski definition) is 5. The van der Waals surface area contributed by atoms with Gasteiger partial charge in [-0.1, -0.05) is 30.3 Å². The Morgan fingerprint density at radius 1 is 1.19 bits per heavy atom. The second-order valence-electron chi connectivity index (χ2n) is 8.87. The molecule has 2 aliphatic rings. The SMILES string of the molecule is COCCN1C(=O)N(CC(=O)NCCO)C[C@]12CC[C@](c1ccccc1)(N(C)C)CC2. The minimum atomic E-state index is -0.291. The molecule has 2 fully saturated rings. The molecule has 3 amide bonds. The third-order valence-corrected chi connectivity index (χ3v) is 7.02. The summed E-state index contributed by atoms with van der Waals surface area (Å²) in [6, 6.07) is 10.5. The fourth-order valence-electron chi connectivity index (χ4n) is 5.24. The largest absolute Gasteiger partial charge is 0.395 e. The Labute approximate surface area is 185 Å². The smallest absolute Gasteiger partial charge is 0.321 e. The summed E-state index contributed by atoms with van der Waals surface area (Å²) in [4.78, 5) is 31.3. The van der Waals surface area contributed by atoms with Crippen molar-refractivity contribution in [2.24, 2.45) is 0 Å².